The molecule has 1 N–H and O–H groups in total. The fraction of sp³-hybridized carbons (Fsp3) is 0.375. The van der Waals surface area contributed by atoms with Gasteiger partial charge in [0.15, 0.2) is 5.69 Å². The second-order valence-corrected chi connectivity index (χ2v) is 5.40. The van der Waals surface area contributed by atoms with Gasteiger partial charge in [-0.15, -0.1) is 0 Å². The normalized spacial score (nSPS) is 19.2. The van der Waals surface area contributed by atoms with Crippen molar-refractivity contribution in [3.63, 3.8) is 0 Å². The van der Waals surface area contributed by atoms with E-state index in [0.717, 1.165) is 36.0 Å². The van der Waals surface area contributed by atoms with Crippen LogP contribution >= 0.6 is 0 Å². The van der Waals surface area contributed by atoms with Crippen molar-refractivity contribution in [1.82, 2.24) is 4.98 Å². The molecular formula is C16H18N2O2. The molecule has 0 spiro atoms. The van der Waals surface area contributed by atoms with Crippen molar-refractivity contribution in [3.05, 3.63) is 36.0 Å². The zero-order valence-corrected chi connectivity index (χ0v) is 11.5. The Morgan fingerprint density at radius 1 is 1.35 bits per heavy atom. The van der Waals surface area contributed by atoms with Gasteiger partial charge < -0.3 is 10.0 Å². The maximum atomic E-state index is 11.3. The molecule has 1 aromatic heterocycles. The zero-order chi connectivity index (χ0) is 14.1. The number of carbonyl (C=O) groups is 1. The van der Waals surface area contributed by atoms with Crippen LogP contribution in [0.1, 0.15) is 36.7 Å². The monoisotopic (exact) mass is 270 g/mol. The van der Waals surface area contributed by atoms with Crippen LogP contribution in [0.3, 0.4) is 0 Å². The number of aromatic carboxylic acids is 1. The number of carboxylic acid groups (broad SMARTS) is 1. The van der Waals surface area contributed by atoms with Crippen molar-refractivity contribution in [3.8, 4) is 0 Å². The van der Waals surface area contributed by atoms with Crippen molar-refractivity contribution in [1.29, 1.82) is 0 Å². The van der Waals surface area contributed by atoms with E-state index in [-0.39, 0.29) is 5.69 Å². The molecule has 0 bridgehead atoms. The lowest BCUT2D eigenvalue weighted by atomic mass is 10.0. The van der Waals surface area contributed by atoms with E-state index in [1.165, 1.54) is 6.42 Å². The molecule has 1 unspecified atom stereocenters. The lowest BCUT2D eigenvalue weighted by molar-refractivity contribution is 0.0691. The first kappa shape index (κ1) is 12.9. The maximum absolute atomic E-state index is 11.3. The first-order valence-electron chi connectivity index (χ1n) is 7.06. The van der Waals surface area contributed by atoms with Gasteiger partial charge in [-0.25, -0.2) is 9.78 Å². The summed E-state index contributed by atoms with van der Waals surface area (Å²) in [5.41, 5.74) is 0.122. The molecule has 0 amide bonds. The summed E-state index contributed by atoms with van der Waals surface area (Å²) in [5.74, 6) is -0.158. The third kappa shape index (κ3) is 2.22. The van der Waals surface area contributed by atoms with E-state index in [1.807, 2.05) is 24.3 Å². The van der Waals surface area contributed by atoms with E-state index >= 15 is 0 Å². The van der Waals surface area contributed by atoms with Gasteiger partial charge in [-0.05, 0) is 37.6 Å². The van der Waals surface area contributed by atoms with E-state index in [0.29, 0.717) is 6.04 Å². The largest absolute Gasteiger partial charge is 0.477 e. The summed E-state index contributed by atoms with van der Waals surface area (Å²) in [5, 5.41) is 11.2. The van der Waals surface area contributed by atoms with Gasteiger partial charge >= 0.3 is 5.97 Å². The summed E-state index contributed by atoms with van der Waals surface area (Å²) < 4.78 is 0. The van der Waals surface area contributed by atoms with Gasteiger partial charge in [-0.3, -0.25) is 0 Å². The van der Waals surface area contributed by atoms with Crippen LogP contribution < -0.4 is 4.90 Å². The summed E-state index contributed by atoms with van der Waals surface area (Å²) in [6, 6.07) is 9.92. The molecule has 0 radical (unpaired) electrons. The highest BCUT2D eigenvalue weighted by molar-refractivity contribution is 5.98. The summed E-state index contributed by atoms with van der Waals surface area (Å²) >= 11 is 0. The number of aromatic nitrogens is 1. The van der Waals surface area contributed by atoms with Crippen molar-refractivity contribution >= 4 is 22.6 Å². The highest BCUT2D eigenvalue weighted by atomic mass is 16.4. The van der Waals surface area contributed by atoms with Gasteiger partial charge in [0.25, 0.3) is 0 Å². The molecule has 20 heavy (non-hydrogen) atoms. The first-order chi connectivity index (χ1) is 9.66. The minimum Gasteiger partial charge on any atom is -0.477 e. The number of carboxylic acids is 1. The van der Waals surface area contributed by atoms with Crippen LogP contribution in [-0.4, -0.2) is 28.6 Å². The molecular weight excluding hydrogens is 252 g/mol. The Kier molecular flexibility index (Phi) is 3.30. The first-order valence-corrected chi connectivity index (χ1v) is 7.06. The van der Waals surface area contributed by atoms with E-state index in [1.54, 1.807) is 6.07 Å². The summed E-state index contributed by atoms with van der Waals surface area (Å²) in [7, 11) is 0. The second-order valence-electron chi connectivity index (χ2n) is 5.40. The van der Waals surface area contributed by atoms with Crippen LogP contribution in [-0.2, 0) is 0 Å². The fourth-order valence-corrected chi connectivity index (χ4v) is 2.92. The fourth-order valence-electron chi connectivity index (χ4n) is 2.92. The predicted molar refractivity (Wildman–Crippen MR) is 79.4 cm³/mol. The number of rotatable bonds is 2. The average Bonchev–Trinajstić information content (AvgIpc) is 2.46. The molecule has 1 fully saturated rings. The third-order valence-corrected chi connectivity index (χ3v) is 4.01. The number of fused-ring (bicyclic) bond motifs is 1. The Balaban J connectivity index is 2.18. The molecule has 1 aliphatic heterocycles. The van der Waals surface area contributed by atoms with Crippen molar-refractivity contribution in [2.45, 2.75) is 32.2 Å². The highest BCUT2D eigenvalue weighted by Gasteiger charge is 2.22. The van der Waals surface area contributed by atoms with E-state index < -0.39 is 5.97 Å². The third-order valence-electron chi connectivity index (χ3n) is 4.01. The number of nitrogens with zero attached hydrogens (tertiary/aromatic N) is 2. The molecule has 2 aromatic rings. The van der Waals surface area contributed by atoms with E-state index in [2.05, 4.69) is 16.8 Å². The van der Waals surface area contributed by atoms with Crippen LogP contribution in [0, 0.1) is 0 Å². The Morgan fingerprint density at radius 3 is 2.90 bits per heavy atom. The van der Waals surface area contributed by atoms with Gasteiger partial charge in [0.1, 0.15) is 5.82 Å². The van der Waals surface area contributed by atoms with Crippen molar-refractivity contribution in [2.75, 3.05) is 11.4 Å². The summed E-state index contributed by atoms with van der Waals surface area (Å²) in [6.45, 7) is 3.13. The predicted octanol–water partition coefficient (Wildman–Crippen LogP) is 3.31. The Hall–Kier alpha value is -2.10. The van der Waals surface area contributed by atoms with E-state index in [4.69, 9.17) is 0 Å². The number of anilines is 1. The minimum atomic E-state index is -0.971. The molecule has 1 atom stereocenters. The summed E-state index contributed by atoms with van der Waals surface area (Å²) in [4.78, 5) is 17.9. The molecule has 1 aromatic carbocycles. The Labute approximate surface area is 118 Å². The number of piperidine rings is 1. The highest BCUT2D eigenvalue weighted by Crippen LogP contribution is 2.30. The summed E-state index contributed by atoms with van der Waals surface area (Å²) in [6.07, 6.45) is 3.50. The minimum absolute atomic E-state index is 0.122. The van der Waals surface area contributed by atoms with Crippen LogP contribution in [0.4, 0.5) is 5.82 Å². The molecule has 3 rings (SSSR count). The van der Waals surface area contributed by atoms with Crippen molar-refractivity contribution in [2.24, 2.45) is 0 Å². The maximum Gasteiger partial charge on any atom is 0.354 e. The van der Waals surface area contributed by atoms with Gasteiger partial charge in [0.05, 0.1) is 0 Å². The van der Waals surface area contributed by atoms with Crippen LogP contribution in [0.15, 0.2) is 30.3 Å². The second kappa shape index (κ2) is 5.12. The number of hydrogen-bond donors (Lipinski definition) is 1. The number of pyridine rings is 1. The molecule has 1 aliphatic rings. The topological polar surface area (TPSA) is 53.4 Å². The Morgan fingerprint density at radius 2 is 2.15 bits per heavy atom. The SMILES string of the molecule is CC1CCCCN1c1nc(C(=O)O)cc2ccccc12. The molecule has 0 aliphatic carbocycles. The van der Waals surface area contributed by atoms with Crippen LogP contribution in [0.2, 0.25) is 0 Å². The van der Waals surface area contributed by atoms with E-state index in [9.17, 15) is 9.90 Å². The molecule has 4 nitrogen and oxygen atoms in total. The van der Waals surface area contributed by atoms with Gasteiger partial charge in [-0.2, -0.15) is 0 Å². The molecule has 1 saturated heterocycles. The quantitative estimate of drug-likeness (QED) is 0.909. The average molecular weight is 270 g/mol. The smallest absolute Gasteiger partial charge is 0.354 e. The lowest BCUT2D eigenvalue weighted by Crippen LogP contribution is -2.38. The van der Waals surface area contributed by atoms with Gasteiger partial charge in [-0.1, -0.05) is 24.3 Å². The van der Waals surface area contributed by atoms with Crippen molar-refractivity contribution < 1.29 is 9.90 Å². The molecule has 4 heteroatoms. The molecule has 104 valence electrons. The molecule has 2 heterocycles. The van der Waals surface area contributed by atoms with Crippen LogP contribution in [0.25, 0.3) is 10.8 Å². The molecule has 0 saturated carbocycles. The Bertz CT molecular complexity index is 654. The lowest BCUT2D eigenvalue weighted by Gasteiger charge is -2.35. The van der Waals surface area contributed by atoms with Gasteiger partial charge in [0, 0.05) is 18.0 Å². The zero-order valence-electron chi connectivity index (χ0n) is 11.5. The standard InChI is InChI=1S/C16H18N2O2/c1-11-6-4-5-9-18(11)15-13-8-3-2-7-12(13)10-14(17-15)16(19)20/h2-3,7-8,10-11H,4-6,9H2,1H3,(H,19,20). The number of benzene rings is 1. The van der Waals surface area contributed by atoms with Crippen LogP contribution in [0.5, 0.6) is 0 Å². The number of hydrogen-bond acceptors (Lipinski definition) is 3. The van der Waals surface area contributed by atoms with Gasteiger partial charge in [0.2, 0.25) is 0 Å².